The molecule has 0 spiro atoms. The molecule has 0 saturated heterocycles. The Labute approximate surface area is 160 Å². The number of nitro groups is 1. The average Bonchev–Trinajstić information content (AvgIpc) is 3.23. The van der Waals surface area contributed by atoms with Gasteiger partial charge in [-0.05, 0) is 29.1 Å². The molecule has 27 heavy (non-hydrogen) atoms. The lowest BCUT2D eigenvalue weighted by atomic mass is 9.89. The SMILES string of the molecule is COc1ccc(-c2cccs2)c(OC)c1C(C=O)c1ccc([N+](=O)[O-])cc1. The van der Waals surface area contributed by atoms with Gasteiger partial charge in [0.05, 0.1) is 30.6 Å². The van der Waals surface area contributed by atoms with Gasteiger partial charge in [0.2, 0.25) is 0 Å². The van der Waals surface area contributed by atoms with E-state index in [9.17, 15) is 14.9 Å². The van der Waals surface area contributed by atoms with Crippen molar-refractivity contribution in [2.24, 2.45) is 0 Å². The van der Waals surface area contributed by atoms with E-state index in [1.165, 1.54) is 19.2 Å². The lowest BCUT2D eigenvalue weighted by Crippen LogP contribution is -2.08. The van der Waals surface area contributed by atoms with E-state index in [4.69, 9.17) is 9.47 Å². The number of carbonyl (C=O) groups excluding carboxylic acids is 1. The van der Waals surface area contributed by atoms with Crippen LogP contribution in [0.3, 0.4) is 0 Å². The van der Waals surface area contributed by atoms with Crippen molar-refractivity contribution in [2.75, 3.05) is 14.2 Å². The molecule has 0 saturated carbocycles. The third-order valence-corrected chi connectivity index (χ3v) is 5.18. The number of aldehydes is 1. The first kappa shape index (κ1) is 18.6. The highest BCUT2D eigenvalue weighted by molar-refractivity contribution is 7.13. The molecule has 7 heteroatoms. The number of carbonyl (C=O) groups is 1. The maximum absolute atomic E-state index is 12.0. The monoisotopic (exact) mass is 383 g/mol. The van der Waals surface area contributed by atoms with Crippen molar-refractivity contribution < 1.29 is 19.2 Å². The Morgan fingerprint density at radius 3 is 2.33 bits per heavy atom. The molecule has 1 atom stereocenters. The van der Waals surface area contributed by atoms with Crippen LogP contribution in [0.4, 0.5) is 5.69 Å². The quantitative estimate of drug-likeness (QED) is 0.336. The van der Waals surface area contributed by atoms with E-state index in [0.29, 0.717) is 22.6 Å². The average molecular weight is 383 g/mol. The smallest absolute Gasteiger partial charge is 0.269 e. The predicted molar refractivity (Wildman–Crippen MR) is 104 cm³/mol. The molecule has 0 fully saturated rings. The van der Waals surface area contributed by atoms with Crippen LogP contribution in [0, 0.1) is 10.1 Å². The van der Waals surface area contributed by atoms with Crippen molar-refractivity contribution >= 4 is 23.3 Å². The number of ether oxygens (including phenoxy) is 2. The molecule has 0 radical (unpaired) electrons. The van der Waals surface area contributed by atoms with Gasteiger partial charge in [-0.2, -0.15) is 0 Å². The summed E-state index contributed by atoms with van der Waals surface area (Å²) in [5.41, 5.74) is 2.04. The summed E-state index contributed by atoms with van der Waals surface area (Å²) in [5, 5.41) is 12.9. The Balaban J connectivity index is 2.18. The third kappa shape index (κ3) is 3.54. The summed E-state index contributed by atoms with van der Waals surface area (Å²) in [5.74, 6) is 0.380. The second kappa shape index (κ2) is 8.01. The Hall–Kier alpha value is -3.19. The normalized spacial score (nSPS) is 11.6. The summed E-state index contributed by atoms with van der Waals surface area (Å²) < 4.78 is 11.2. The zero-order valence-electron chi connectivity index (χ0n) is 14.7. The number of nitrogens with zero attached hydrogens (tertiary/aromatic N) is 1. The number of hydrogen-bond acceptors (Lipinski definition) is 6. The first-order chi connectivity index (χ1) is 13.1. The summed E-state index contributed by atoms with van der Waals surface area (Å²) in [4.78, 5) is 23.4. The standard InChI is InChI=1S/C20H17NO5S/c1-25-17-10-9-15(18-4-3-11-27-18)20(26-2)19(17)16(12-22)13-5-7-14(8-6-13)21(23)24/h3-12,16H,1-2H3. The summed E-state index contributed by atoms with van der Waals surface area (Å²) in [6.07, 6.45) is 0.791. The van der Waals surface area contributed by atoms with E-state index in [1.54, 1.807) is 36.6 Å². The largest absolute Gasteiger partial charge is 0.496 e. The number of non-ortho nitro benzene ring substituents is 1. The summed E-state index contributed by atoms with van der Waals surface area (Å²) in [6.45, 7) is 0. The van der Waals surface area contributed by atoms with Gasteiger partial charge >= 0.3 is 0 Å². The van der Waals surface area contributed by atoms with Gasteiger partial charge in [0.25, 0.3) is 5.69 Å². The molecule has 0 bridgehead atoms. The second-order valence-corrected chi connectivity index (χ2v) is 6.65. The zero-order valence-corrected chi connectivity index (χ0v) is 15.6. The molecular weight excluding hydrogens is 366 g/mol. The first-order valence-electron chi connectivity index (χ1n) is 8.09. The minimum Gasteiger partial charge on any atom is -0.496 e. The van der Waals surface area contributed by atoms with E-state index in [1.807, 2.05) is 23.6 Å². The molecule has 1 aromatic heterocycles. The summed E-state index contributed by atoms with van der Waals surface area (Å²) >= 11 is 1.56. The molecule has 1 unspecified atom stereocenters. The van der Waals surface area contributed by atoms with Gasteiger partial charge in [0.15, 0.2) is 0 Å². The van der Waals surface area contributed by atoms with Gasteiger partial charge in [-0.3, -0.25) is 10.1 Å². The fourth-order valence-corrected chi connectivity index (χ4v) is 3.76. The second-order valence-electron chi connectivity index (χ2n) is 5.70. The van der Waals surface area contributed by atoms with Crippen molar-refractivity contribution in [2.45, 2.75) is 5.92 Å². The molecule has 1 heterocycles. The lowest BCUT2D eigenvalue weighted by Gasteiger charge is -2.21. The minimum absolute atomic E-state index is 0.0327. The molecule has 0 amide bonds. The van der Waals surface area contributed by atoms with Gasteiger partial charge < -0.3 is 14.3 Å². The van der Waals surface area contributed by atoms with Crippen LogP contribution in [0.5, 0.6) is 11.5 Å². The Kier molecular flexibility index (Phi) is 5.52. The fourth-order valence-electron chi connectivity index (χ4n) is 3.02. The molecule has 0 aliphatic rings. The maximum Gasteiger partial charge on any atom is 0.269 e. The molecule has 0 aliphatic heterocycles. The van der Waals surface area contributed by atoms with Crippen molar-refractivity contribution in [3.8, 4) is 21.9 Å². The number of hydrogen-bond donors (Lipinski definition) is 0. The third-order valence-electron chi connectivity index (χ3n) is 4.28. The summed E-state index contributed by atoms with van der Waals surface area (Å²) in [7, 11) is 3.08. The van der Waals surface area contributed by atoms with Crippen LogP contribution in [0.15, 0.2) is 53.9 Å². The lowest BCUT2D eigenvalue weighted by molar-refractivity contribution is -0.384. The molecule has 0 aliphatic carbocycles. The fraction of sp³-hybridized carbons (Fsp3) is 0.150. The van der Waals surface area contributed by atoms with Crippen molar-refractivity contribution in [3.63, 3.8) is 0 Å². The number of nitro benzene ring substituents is 1. The van der Waals surface area contributed by atoms with E-state index < -0.39 is 10.8 Å². The summed E-state index contributed by atoms with van der Waals surface area (Å²) in [6, 6.07) is 13.5. The van der Waals surface area contributed by atoms with Crippen LogP contribution in [-0.2, 0) is 4.79 Å². The van der Waals surface area contributed by atoms with E-state index in [0.717, 1.165) is 16.7 Å². The Morgan fingerprint density at radius 1 is 1.07 bits per heavy atom. The van der Waals surface area contributed by atoms with Gasteiger partial charge in [0, 0.05) is 22.6 Å². The molecule has 138 valence electrons. The van der Waals surface area contributed by atoms with Crippen LogP contribution >= 0.6 is 11.3 Å². The van der Waals surface area contributed by atoms with Crippen LogP contribution < -0.4 is 9.47 Å². The van der Waals surface area contributed by atoms with E-state index >= 15 is 0 Å². The van der Waals surface area contributed by atoms with Gasteiger partial charge in [-0.25, -0.2) is 0 Å². The van der Waals surface area contributed by atoms with E-state index in [2.05, 4.69) is 0 Å². The topological polar surface area (TPSA) is 78.7 Å². The van der Waals surface area contributed by atoms with Crippen molar-refractivity contribution in [1.82, 2.24) is 0 Å². The number of methoxy groups -OCH3 is 2. The number of thiophene rings is 1. The van der Waals surface area contributed by atoms with Gasteiger partial charge in [0.1, 0.15) is 17.8 Å². The highest BCUT2D eigenvalue weighted by atomic mass is 32.1. The number of rotatable bonds is 7. The molecule has 2 aromatic carbocycles. The van der Waals surface area contributed by atoms with Crippen molar-refractivity contribution in [1.29, 1.82) is 0 Å². The molecule has 0 N–H and O–H groups in total. The Morgan fingerprint density at radius 2 is 1.81 bits per heavy atom. The zero-order chi connectivity index (χ0) is 19.4. The molecule has 6 nitrogen and oxygen atoms in total. The van der Waals surface area contributed by atoms with E-state index in [-0.39, 0.29) is 5.69 Å². The molecule has 3 aromatic rings. The molecular formula is C20H17NO5S. The predicted octanol–water partition coefficient (Wildman–Crippen LogP) is 4.67. The van der Waals surface area contributed by atoms with Crippen LogP contribution in [0.25, 0.3) is 10.4 Å². The maximum atomic E-state index is 12.0. The van der Waals surface area contributed by atoms with Crippen molar-refractivity contribution in [3.05, 3.63) is 75.2 Å². The molecule has 3 rings (SSSR count). The minimum atomic E-state index is -0.685. The number of benzene rings is 2. The van der Waals surface area contributed by atoms with Gasteiger partial charge in [-0.1, -0.05) is 18.2 Å². The Bertz CT molecular complexity index is 951. The highest BCUT2D eigenvalue weighted by Gasteiger charge is 2.26. The first-order valence-corrected chi connectivity index (χ1v) is 8.97. The van der Waals surface area contributed by atoms with Crippen LogP contribution in [-0.4, -0.2) is 25.4 Å². The van der Waals surface area contributed by atoms with Crippen LogP contribution in [0.2, 0.25) is 0 Å². The van der Waals surface area contributed by atoms with Gasteiger partial charge in [-0.15, -0.1) is 11.3 Å². The van der Waals surface area contributed by atoms with Crippen LogP contribution in [0.1, 0.15) is 17.0 Å². The highest BCUT2D eigenvalue weighted by Crippen LogP contribution is 2.45.